The summed E-state index contributed by atoms with van der Waals surface area (Å²) in [4.78, 5) is 14.7. The summed E-state index contributed by atoms with van der Waals surface area (Å²) in [6.07, 6.45) is 0.204. The fourth-order valence-electron chi connectivity index (χ4n) is 0.669. The summed E-state index contributed by atoms with van der Waals surface area (Å²) in [5.41, 5.74) is 9.71. The summed E-state index contributed by atoms with van der Waals surface area (Å²) in [6.45, 7) is 5.71. The van der Waals surface area contributed by atoms with Gasteiger partial charge in [-0.1, -0.05) is 0 Å². The Morgan fingerprint density at radius 1 is 1.38 bits per heavy atom. The SMILES string of the molecule is CC(C)(C)OC(=O)CCN=C(N)N. The molecule has 0 rings (SSSR count). The van der Waals surface area contributed by atoms with Gasteiger partial charge in [0.1, 0.15) is 5.60 Å². The summed E-state index contributed by atoms with van der Waals surface area (Å²) in [6, 6.07) is 0. The van der Waals surface area contributed by atoms with Gasteiger partial charge < -0.3 is 16.2 Å². The minimum Gasteiger partial charge on any atom is -0.460 e. The van der Waals surface area contributed by atoms with Gasteiger partial charge in [-0.3, -0.25) is 9.79 Å². The number of carbonyl (C=O) groups is 1. The number of nitrogens with zero attached hydrogens (tertiary/aromatic N) is 1. The minimum atomic E-state index is -0.449. The van der Waals surface area contributed by atoms with E-state index in [1.54, 1.807) is 0 Å². The molecule has 0 aliphatic heterocycles. The molecule has 0 aliphatic carbocycles. The molecule has 0 amide bonds. The molecule has 0 aliphatic rings. The molecular formula is C8H17N3O2. The number of ether oxygens (including phenoxy) is 1. The smallest absolute Gasteiger partial charge is 0.308 e. The number of nitrogens with two attached hydrogens (primary N) is 2. The maximum absolute atomic E-state index is 11.1. The van der Waals surface area contributed by atoms with E-state index in [0.29, 0.717) is 0 Å². The molecule has 5 nitrogen and oxygen atoms in total. The molecule has 0 aromatic carbocycles. The van der Waals surface area contributed by atoms with E-state index in [0.717, 1.165) is 0 Å². The van der Waals surface area contributed by atoms with Crippen LogP contribution in [-0.2, 0) is 9.53 Å². The van der Waals surface area contributed by atoms with Crippen molar-refractivity contribution in [2.75, 3.05) is 6.54 Å². The van der Waals surface area contributed by atoms with Crippen LogP contribution in [0, 0.1) is 0 Å². The molecule has 0 unspecified atom stereocenters. The molecule has 0 fully saturated rings. The molecular weight excluding hydrogens is 170 g/mol. The fraction of sp³-hybridized carbons (Fsp3) is 0.750. The third kappa shape index (κ3) is 8.65. The van der Waals surface area contributed by atoms with E-state index in [1.807, 2.05) is 20.8 Å². The number of guanidine groups is 1. The molecule has 0 bridgehead atoms. The van der Waals surface area contributed by atoms with Crippen molar-refractivity contribution in [3.05, 3.63) is 0 Å². The van der Waals surface area contributed by atoms with Crippen LogP contribution in [0.25, 0.3) is 0 Å². The largest absolute Gasteiger partial charge is 0.460 e. The zero-order chi connectivity index (χ0) is 10.5. The van der Waals surface area contributed by atoms with Crippen LogP contribution in [0.4, 0.5) is 0 Å². The van der Waals surface area contributed by atoms with Crippen molar-refractivity contribution in [1.82, 2.24) is 0 Å². The molecule has 0 heterocycles. The highest BCUT2D eigenvalue weighted by molar-refractivity contribution is 5.76. The Kier molecular flexibility index (Phi) is 4.23. The van der Waals surface area contributed by atoms with Gasteiger partial charge in [-0.2, -0.15) is 0 Å². The lowest BCUT2D eigenvalue weighted by Crippen LogP contribution is -2.25. The van der Waals surface area contributed by atoms with Crippen LogP contribution in [0.15, 0.2) is 4.99 Å². The van der Waals surface area contributed by atoms with E-state index >= 15 is 0 Å². The van der Waals surface area contributed by atoms with Crippen molar-refractivity contribution >= 4 is 11.9 Å². The lowest BCUT2D eigenvalue weighted by Gasteiger charge is -2.18. The molecule has 0 aromatic heterocycles. The number of aliphatic imine (C=N–C) groups is 1. The van der Waals surface area contributed by atoms with Crippen molar-refractivity contribution in [2.45, 2.75) is 32.8 Å². The lowest BCUT2D eigenvalue weighted by atomic mass is 10.2. The van der Waals surface area contributed by atoms with Crippen LogP contribution in [-0.4, -0.2) is 24.1 Å². The van der Waals surface area contributed by atoms with Gasteiger partial charge >= 0.3 is 5.97 Å². The van der Waals surface area contributed by atoms with E-state index < -0.39 is 5.60 Å². The highest BCUT2D eigenvalue weighted by Crippen LogP contribution is 2.07. The molecule has 5 heteroatoms. The summed E-state index contributed by atoms with van der Waals surface area (Å²) < 4.78 is 5.03. The zero-order valence-electron chi connectivity index (χ0n) is 8.33. The molecule has 0 saturated carbocycles. The van der Waals surface area contributed by atoms with Crippen LogP contribution in [0.5, 0.6) is 0 Å². The number of carbonyl (C=O) groups excluding carboxylic acids is 1. The first-order valence-corrected chi connectivity index (χ1v) is 4.08. The molecule has 4 N–H and O–H groups in total. The summed E-state index contributed by atoms with van der Waals surface area (Å²) >= 11 is 0. The fourth-order valence-corrected chi connectivity index (χ4v) is 0.669. The zero-order valence-corrected chi connectivity index (χ0v) is 8.33. The monoisotopic (exact) mass is 187 g/mol. The number of hydrogen-bond donors (Lipinski definition) is 2. The highest BCUT2D eigenvalue weighted by Gasteiger charge is 2.15. The Labute approximate surface area is 78.1 Å². The van der Waals surface area contributed by atoms with Gasteiger partial charge in [0.15, 0.2) is 5.96 Å². The van der Waals surface area contributed by atoms with Crippen LogP contribution >= 0.6 is 0 Å². The van der Waals surface area contributed by atoms with Gasteiger partial charge in [0, 0.05) is 0 Å². The second kappa shape index (κ2) is 4.69. The van der Waals surface area contributed by atoms with Gasteiger partial charge in [0.05, 0.1) is 13.0 Å². The standard InChI is InChI=1S/C8H17N3O2/c1-8(2,3)13-6(12)4-5-11-7(9)10/h4-5H2,1-3H3,(H4,9,10,11). The average molecular weight is 187 g/mol. The Balaban J connectivity index is 3.71. The van der Waals surface area contributed by atoms with Crippen molar-refractivity contribution in [3.8, 4) is 0 Å². The molecule has 0 atom stereocenters. The maximum Gasteiger partial charge on any atom is 0.308 e. The number of hydrogen-bond acceptors (Lipinski definition) is 3. The maximum atomic E-state index is 11.1. The Hall–Kier alpha value is -1.26. The average Bonchev–Trinajstić information content (AvgIpc) is 1.81. The first-order chi connectivity index (χ1) is 5.81. The van der Waals surface area contributed by atoms with E-state index in [9.17, 15) is 4.79 Å². The van der Waals surface area contributed by atoms with E-state index in [-0.39, 0.29) is 24.9 Å². The molecule has 0 saturated heterocycles. The van der Waals surface area contributed by atoms with Crippen molar-refractivity contribution in [2.24, 2.45) is 16.5 Å². The van der Waals surface area contributed by atoms with Gasteiger partial charge in [-0.25, -0.2) is 0 Å². The van der Waals surface area contributed by atoms with Crippen LogP contribution in [0.3, 0.4) is 0 Å². The summed E-state index contributed by atoms with van der Waals surface area (Å²) in [5.74, 6) is -0.305. The molecule has 13 heavy (non-hydrogen) atoms. The topological polar surface area (TPSA) is 90.7 Å². The van der Waals surface area contributed by atoms with Crippen LogP contribution < -0.4 is 11.5 Å². The summed E-state index contributed by atoms with van der Waals surface area (Å²) in [7, 11) is 0. The lowest BCUT2D eigenvalue weighted by molar-refractivity contribution is -0.154. The third-order valence-electron chi connectivity index (χ3n) is 1.03. The second-order valence-corrected chi connectivity index (χ2v) is 3.64. The highest BCUT2D eigenvalue weighted by atomic mass is 16.6. The van der Waals surface area contributed by atoms with E-state index in [1.165, 1.54) is 0 Å². The van der Waals surface area contributed by atoms with Gasteiger partial charge in [-0.05, 0) is 20.8 Å². The molecule has 76 valence electrons. The minimum absolute atomic E-state index is 0.0106. The third-order valence-corrected chi connectivity index (χ3v) is 1.03. The van der Waals surface area contributed by atoms with Gasteiger partial charge in [0.25, 0.3) is 0 Å². The van der Waals surface area contributed by atoms with Crippen molar-refractivity contribution < 1.29 is 9.53 Å². The van der Waals surface area contributed by atoms with Gasteiger partial charge in [-0.15, -0.1) is 0 Å². The first kappa shape index (κ1) is 11.7. The Morgan fingerprint density at radius 2 is 1.92 bits per heavy atom. The number of esters is 1. The second-order valence-electron chi connectivity index (χ2n) is 3.64. The predicted octanol–water partition coefficient (Wildman–Crippen LogP) is -0.00840. The van der Waals surface area contributed by atoms with Gasteiger partial charge in [0.2, 0.25) is 0 Å². The van der Waals surface area contributed by atoms with Crippen molar-refractivity contribution in [3.63, 3.8) is 0 Å². The number of rotatable bonds is 3. The Bertz CT molecular complexity index is 202. The molecule has 0 spiro atoms. The quantitative estimate of drug-likeness (QED) is 0.369. The Morgan fingerprint density at radius 3 is 2.31 bits per heavy atom. The van der Waals surface area contributed by atoms with E-state index in [4.69, 9.17) is 16.2 Å². The molecule has 0 radical (unpaired) electrons. The molecule has 0 aromatic rings. The predicted molar refractivity (Wildman–Crippen MR) is 51.1 cm³/mol. The van der Waals surface area contributed by atoms with Crippen LogP contribution in [0.1, 0.15) is 27.2 Å². The van der Waals surface area contributed by atoms with Crippen LogP contribution in [0.2, 0.25) is 0 Å². The van der Waals surface area contributed by atoms with Crippen molar-refractivity contribution in [1.29, 1.82) is 0 Å². The summed E-state index contributed by atoms with van der Waals surface area (Å²) in [5, 5.41) is 0. The first-order valence-electron chi connectivity index (χ1n) is 4.08. The normalized spacial score (nSPS) is 10.7. The van der Waals surface area contributed by atoms with E-state index in [2.05, 4.69) is 4.99 Å².